The molecule has 17 heavy (non-hydrogen) atoms. The van der Waals surface area contributed by atoms with Crippen molar-refractivity contribution in [3.63, 3.8) is 0 Å². The van der Waals surface area contributed by atoms with Crippen LogP contribution in [-0.2, 0) is 0 Å². The minimum atomic E-state index is 0.674. The summed E-state index contributed by atoms with van der Waals surface area (Å²) in [5.41, 5.74) is 0. The average Bonchev–Trinajstić information content (AvgIpc) is 2.56. The summed E-state index contributed by atoms with van der Waals surface area (Å²) in [5, 5.41) is 3.53. The van der Waals surface area contributed by atoms with E-state index in [4.69, 9.17) is 0 Å². The predicted molar refractivity (Wildman–Crippen MR) is 72.8 cm³/mol. The van der Waals surface area contributed by atoms with Crippen LogP contribution >= 0.6 is 0 Å². The highest BCUT2D eigenvalue weighted by atomic mass is 15.2. The molecule has 3 unspecified atom stereocenters. The van der Waals surface area contributed by atoms with Crippen molar-refractivity contribution in [2.45, 2.75) is 63.6 Å². The van der Waals surface area contributed by atoms with Crippen LogP contribution in [0.15, 0.2) is 0 Å². The van der Waals surface area contributed by atoms with Crippen LogP contribution < -0.4 is 5.32 Å². The van der Waals surface area contributed by atoms with Gasteiger partial charge in [0, 0.05) is 24.5 Å². The number of piperidine rings is 1. The third-order valence-electron chi connectivity index (χ3n) is 4.83. The highest BCUT2D eigenvalue weighted by Crippen LogP contribution is 2.39. The van der Waals surface area contributed by atoms with E-state index in [2.05, 4.69) is 36.2 Å². The summed E-state index contributed by atoms with van der Waals surface area (Å²) in [6.45, 7) is 1.93. The molecular formula is C15H26N2. The molecule has 2 bridgehead atoms. The summed E-state index contributed by atoms with van der Waals surface area (Å²) in [7, 11) is 4.43. The fourth-order valence-electron chi connectivity index (χ4n) is 3.75. The maximum atomic E-state index is 3.53. The molecule has 3 atom stereocenters. The molecule has 1 N–H and O–H groups in total. The zero-order valence-corrected chi connectivity index (χ0v) is 11.5. The lowest BCUT2D eigenvalue weighted by molar-refractivity contribution is 0.112. The van der Waals surface area contributed by atoms with Crippen molar-refractivity contribution in [1.29, 1.82) is 0 Å². The molecule has 96 valence electrons. The Hall–Kier alpha value is -0.520. The Bertz CT molecular complexity index is 288. The van der Waals surface area contributed by atoms with Crippen molar-refractivity contribution in [2.24, 2.45) is 5.92 Å². The Labute approximate surface area is 106 Å². The third-order valence-corrected chi connectivity index (χ3v) is 4.83. The number of fused-ring (bicyclic) bond motifs is 2. The summed E-state index contributed by atoms with van der Waals surface area (Å²) in [4.78, 5) is 2.62. The molecule has 0 aliphatic carbocycles. The second-order valence-electron chi connectivity index (χ2n) is 5.64. The summed E-state index contributed by atoms with van der Waals surface area (Å²) in [6, 6.07) is 2.38. The smallest absolute Gasteiger partial charge is 0.0103 e. The minimum absolute atomic E-state index is 0.674. The SMILES string of the molecule is CC#CCCC(NC)C1CC2CCC(C1)N2C. The Kier molecular flexibility index (Phi) is 4.48. The van der Waals surface area contributed by atoms with Gasteiger partial charge >= 0.3 is 0 Å². The van der Waals surface area contributed by atoms with Gasteiger partial charge in [-0.15, -0.1) is 11.8 Å². The molecule has 2 saturated heterocycles. The molecular weight excluding hydrogens is 208 g/mol. The van der Waals surface area contributed by atoms with Crippen LogP contribution in [0.1, 0.15) is 45.4 Å². The van der Waals surface area contributed by atoms with Gasteiger partial charge in [0.2, 0.25) is 0 Å². The lowest BCUT2D eigenvalue weighted by Gasteiger charge is -2.39. The van der Waals surface area contributed by atoms with E-state index in [0.29, 0.717) is 6.04 Å². The van der Waals surface area contributed by atoms with Crippen molar-refractivity contribution in [2.75, 3.05) is 14.1 Å². The second kappa shape index (κ2) is 5.89. The monoisotopic (exact) mass is 234 g/mol. The molecule has 2 nitrogen and oxygen atoms in total. The van der Waals surface area contributed by atoms with Gasteiger partial charge in [-0.25, -0.2) is 0 Å². The second-order valence-corrected chi connectivity index (χ2v) is 5.64. The summed E-state index contributed by atoms with van der Waals surface area (Å²) in [5.74, 6) is 7.07. The largest absolute Gasteiger partial charge is 0.317 e. The summed E-state index contributed by atoms with van der Waals surface area (Å²) >= 11 is 0. The average molecular weight is 234 g/mol. The number of hydrogen-bond acceptors (Lipinski definition) is 2. The van der Waals surface area contributed by atoms with E-state index in [-0.39, 0.29) is 0 Å². The Balaban J connectivity index is 1.89. The van der Waals surface area contributed by atoms with E-state index in [9.17, 15) is 0 Å². The maximum Gasteiger partial charge on any atom is 0.0103 e. The first-order chi connectivity index (χ1) is 8.26. The lowest BCUT2D eigenvalue weighted by Crippen LogP contribution is -2.46. The predicted octanol–water partition coefficient (Wildman–Crippen LogP) is 2.25. The van der Waals surface area contributed by atoms with Crippen LogP contribution in [0, 0.1) is 17.8 Å². The molecule has 0 aromatic carbocycles. The summed E-state index contributed by atoms with van der Waals surface area (Å²) < 4.78 is 0. The van der Waals surface area contributed by atoms with Gasteiger partial charge in [-0.3, -0.25) is 0 Å². The van der Waals surface area contributed by atoms with Gasteiger partial charge in [0.05, 0.1) is 0 Å². The van der Waals surface area contributed by atoms with Crippen molar-refractivity contribution < 1.29 is 0 Å². The molecule has 0 spiro atoms. The molecule has 2 aliphatic heterocycles. The number of nitrogens with zero attached hydrogens (tertiary/aromatic N) is 1. The lowest BCUT2D eigenvalue weighted by atomic mass is 9.83. The fourth-order valence-corrected chi connectivity index (χ4v) is 3.75. The molecule has 0 amide bonds. The number of rotatable bonds is 4. The highest BCUT2D eigenvalue weighted by Gasteiger charge is 2.40. The molecule has 2 aliphatic rings. The van der Waals surface area contributed by atoms with E-state index >= 15 is 0 Å². The molecule has 0 aromatic rings. The minimum Gasteiger partial charge on any atom is -0.317 e. The van der Waals surface area contributed by atoms with Crippen LogP contribution in [-0.4, -0.2) is 37.1 Å². The highest BCUT2D eigenvalue weighted by molar-refractivity contribution is 4.99. The third kappa shape index (κ3) is 2.84. The standard InChI is InChI=1S/C15H26N2/c1-4-5-6-7-15(16-2)12-10-13-8-9-14(11-12)17(13)3/h12-16H,6-11H2,1-3H3. The van der Waals surface area contributed by atoms with Gasteiger partial charge in [0.25, 0.3) is 0 Å². The van der Waals surface area contributed by atoms with E-state index in [1.165, 1.54) is 32.1 Å². The Morgan fingerprint density at radius 3 is 2.47 bits per heavy atom. The van der Waals surface area contributed by atoms with E-state index in [1.807, 2.05) is 6.92 Å². The van der Waals surface area contributed by atoms with Crippen LogP contribution in [0.4, 0.5) is 0 Å². The molecule has 0 saturated carbocycles. The number of nitrogens with one attached hydrogen (secondary N) is 1. The van der Waals surface area contributed by atoms with Gasteiger partial charge in [0.1, 0.15) is 0 Å². The van der Waals surface area contributed by atoms with Gasteiger partial charge in [-0.1, -0.05) is 0 Å². The summed E-state index contributed by atoms with van der Waals surface area (Å²) in [6.07, 6.45) is 7.87. The van der Waals surface area contributed by atoms with Crippen LogP contribution in [0.25, 0.3) is 0 Å². The van der Waals surface area contributed by atoms with Crippen LogP contribution in [0.2, 0.25) is 0 Å². The molecule has 0 aromatic heterocycles. The Morgan fingerprint density at radius 1 is 1.29 bits per heavy atom. The van der Waals surface area contributed by atoms with E-state index in [1.54, 1.807) is 0 Å². The van der Waals surface area contributed by atoms with Crippen molar-refractivity contribution in [3.8, 4) is 11.8 Å². The first-order valence-electron chi connectivity index (χ1n) is 7.05. The van der Waals surface area contributed by atoms with Gasteiger partial charge < -0.3 is 10.2 Å². The topological polar surface area (TPSA) is 15.3 Å². The molecule has 2 heteroatoms. The van der Waals surface area contributed by atoms with Gasteiger partial charge in [0.15, 0.2) is 0 Å². The zero-order chi connectivity index (χ0) is 12.3. The van der Waals surface area contributed by atoms with Crippen molar-refractivity contribution in [3.05, 3.63) is 0 Å². The zero-order valence-electron chi connectivity index (χ0n) is 11.5. The van der Waals surface area contributed by atoms with E-state index in [0.717, 1.165) is 24.4 Å². The van der Waals surface area contributed by atoms with Crippen molar-refractivity contribution in [1.82, 2.24) is 10.2 Å². The molecule has 2 fully saturated rings. The van der Waals surface area contributed by atoms with Crippen LogP contribution in [0.5, 0.6) is 0 Å². The Morgan fingerprint density at radius 2 is 1.94 bits per heavy atom. The van der Waals surface area contributed by atoms with Gasteiger partial charge in [-0.2, -0.15) is 0 Å². The van der Waals surface area contributed by atoms with E-state index < -0.39 is 0 Å². The first-order valence-corrected chi connectivity index (χ1v) is 7.05. The number of hydrogen-bond donors (Lipinski definition) is 1. The molecule has 2 rings (SSSR count). The fraction of sp³-hybridized carbons (Fsp3) is 0.867. The molecule has 0 radical (unpaired) electrons. The van der Waals surface area contributed by atoms with Crippen molar-refractivity contribution >= 4 is 0 Å². The quantitative estimate of drug-likeness (QED) is 0.751. The maximum absolute atomic E-state index is 3.53. The van der Waals surface area contributed by atoms with Crippen LogP contribution in [0.3, 0.4) is 0 Å². The normalized spacial score (nSPS) is 34.2. The first kappa shape index (κ1) is 12.9. The van der Waals surface area contributed by atoms with Gasteiger partial charge in [-0.05, 0) is 59.0 Å². The molecule has 2 heterocycles.